The Kier molecular flexibility index (Phi) is 2.03. The lowest BCUT2D eigenvalue weighted by molar-refractivity contribution is 0.0926. The Balaban J connectivity index is 1.87. The van der Waals surface area contributed by atoms with Crippen LogP contribution < -0.4 is 4.90 Å². The summed E-state index contributed by atoms with van der Waals surface area (Å²) >= 11 is 0. The van der Waals surface area contributed by atoms with Crippen molar-refractivity contribution in [1.29, 1.82) is 0 Å². The molecule has 0 bridgehead atoms. The lowest BCUT2D eigenvalue weighted by Crippen LogP contribution is -2.29. The Morgan fingerprint density at radius 3 is 2.20 bits per heavy atom. The Morgan fingerprint density at radius 2 is 1.50 bits per heavy atom. The number of nitrogens with zero attached hydrogens (tertiary/aromatic N) is 3. The molecule has 0 aliphatic carbocycles. The van der Waals surface area contributed by atoms with Crippen molar-refractivity contribution in [3.8, 4) is 0 Å². The maximum absolute atomic E-state index is 12.3. The van der Waals surface area contributed by atoms with Crippen molar-refractivity contribution >= 4 is 28.5 Å². The number of rotatable bonds is 1. The average molecular weight is 265 g/mol. The van der Waals surface area contributed by atoms with E-state index < -0.39 is 0 Å². The van der Waals surface area contributed by atoms with Gasteiger partial charge in [-0.2, -0.15) is 0 Å². The van der Waals surface area contributed by atoms with Gasteiger partial charge < -0.3 is 0 Å². The molecule has 0 N–H and O–H groups in total. The van der Waals surface area contributed by atoms with Gasteiger partial charge in [-0.25, -0.2) is 9.53 Å². The third-order valence-corrected chi connectivity index (χ3v) is 3.29. The molecule has 1 aliphatic heterocycles. The number of imide groups is 1. The van der Waals surface area contributed by atoms with E-state index in [4.69, 9.17) is 0 Å². The van der Waals surface area contributed by atoms with Crippen LogP contribution in [0.5, 0.6) is 0 Å². The van der Waals surface area contributed by atoms with Crippen LogP contribution in [0.1, 0.15) is 20.7 Å². The van der Waals surface area contributed by atoms with Crippen LogP contribution in [-0.4, -0.2) is 22.1 Å². The molecule has 20 heavy (non-hydrogen) atoms. The predicted octanol–water partition coefficient (Wildman–Crippen LogP) is 2.02. The first kappa shape index (κ1) is 10.9. The highest BCUT2D eigenvalue weighted by Gasteiger charge is 2.36. The van der Waals surface area contributed by atoms with Crippen LogP contribution >= 0.6 is 0 Å². The van der Waals surface area contributed by atoms with Crippen molar-refractivity contribution in [2.45, 2.75) is 0 Å². The normalized spacial score (nSPS) is 14.1. The Labute approximate surface area is 112 Å². The first-order chi connectivity index (χ1) is 9.75. The summed E-state index contributed by atoms with van der Waals surface area (Å²) in [7, 11) is 0. The first-order valence-corrected chi connectivity index (χ1v) is 5.96. The number of aromatic nitrogens is 2. The summed E-state index contributed by atoms with van der Waals surface area (Å²) < 4.78 is 4.61. The number of fused-ring (bicyclic) bond motifs is 2. The minimum Gasteiger partial charge on any atom is -0.268 e. The van der Waals surface area contributed by atoms with Crippen LogP contribution in [0.15, 0.2) is 47.1 Å². The fraction of sp³-hybridized carbons (Fsp3) is 0. The van der Waals surface area contributed by atoms with E-state index in [0.717, 1.165) is 4.90 Å². The van der Waals surface area contributed by atoms with Crippen molar-refractivity contribution < 1.29 is 14.2 Å². The van der Waals surface area contributed by atoms with Crippen molar-refractivity contribution in [2.24, 2.45) is 0 Å². The molecule has 0 fully saturated rings. The van der Waals surface area contributed by atoms with Gasteiger partial charge in [-0.3, -0.25) is 9.59 Å². The SMILES string of the molecule is O=C1c2ccccc2C(=O)N1c1ccc2nonc2c1. The fourth-order valence-corrected chi connectivity index (χ4v) is 2.33. The van der Waals surface area contributed by atoms with Gasteiger partial charge in [0.25, 0.3) is 11.8 Å². The molecule has 0 unspecified atom stereocenters. The summed E-state index contributed by atoms with van der Waals surface area (Å²) in [5.74, 6) is -0.664. The molecule has 0 saturated heterocycles. The number of amides is 2. The summed E-state index contributed by atoms with van der Waals surface area (Å²) in [6, 6.07) is 11.7. The van der Waals surface area contributed by atoms with Crippen LogP contribution in [0.4, 0.5) is 5.69 Å². The second-order valence-corrected chi connectivity index (χ2v) is 4.43. The smallest absolute Gasteiger partial charge is 0.266 e. The standard InChI is InChI=1S/C14H7N3O3/c18-13-9-3-1-2-4-10(9)14(19)17(13)8-5-6-11-12(7-8)16-20-15-11/h1-7H. The molecule has 0 atom stereocenters. The zero-order valence-electron chi connectivity index (χ0n) is 10.1. The molecular weight excluding hydrogens is 258 g/mol. The van der Waals surface area contributed by atoms with Gasteiger partial charge in [0.1, 0.15) is 11.0 Å². The second kappa shape index (κ2) is 3.74. The molecule has 2 aromatic carbocycles. The number of carbonyl (C=O) groups is 2. The molecule has 2 heterocycles. The van der Waals surface area contributed by atoms with Gasteiger partial charge in [0.05, 0.1) is 16.8 Å². The van der Waals surface area contributed by atoms with Gasteiger partial charge in [-0.05, 0) is 40.6 Å². The highest BCUT2D eigenvalue weighted by molar-refractivity contribution is 6.34. The van der Waals surface area contributed by atoms with Crippen LogP contribution in [0, 0.1) is 0 Å². The number of hydrogen-bond donors (Lipinski definition) is 0. The zero-order chi connectivity index (χ0) is 13.7. The van der Waals surface area contributed by atoms with Gasteiger partial charge >= 0.3 is 0 Å². The summed E-state index contributed by atoms with van der Waals surface area (Å²) in [6.07, 6.45) is 0. The summed E-state index contributed by atoms with van der Waals surface area (Å²) in [5, 5.41) is 7.40. The molecule has 3 aromatic rings. The zero-order valence-corrected chi connectivity index (χ0v) is 10.1. The van der Waals surface area contributed by atoms with Gasteiger partial charge in [0.15, 0.2) is 0 Å². The lowest BCUT2D eigenvalue weighted by atomic mass is 10.1. The first-order valence-electron chi connectivity index (χ1n) is 5.96. The van der Waals surface area contributed by atoms with Crippen LogP contribution in [0.3, 0.4) is 0 Å². The molecule has 0 saturated carbocycles. The number of carbonyl (C=O) groups excluding carboxylic acids is 2. The Bertz CT molecular complexity index is 834. The van der Waals surface area contributed by atoms with E-state index in [1.807, 2.05) is 0 Å². The molecule has 0 spiro atoms. The summed E-state index contributed by atoms with van der Waals surface area (Å²) in [4.78, 5) is 25.8. The van der Waals surface area contributed by atoms with Gasteiger partial charge in [0, 0.05) is 0 Å². The molecule has 6 heteroatoms. The minimum atomic E-state index is -0.332. The molecule has 4 rings (SSSR count). The number of hydrogen-bond acceptors (Lipinski definition) is 5. The Hall–Kier alpha value is -3.02. The van der Waals surface area contributed by atoms with E-state index in [1.54, 1.807) is 42.5 Å². The fourth-order valence-electron chi connectivity index (χ4n) is 2.33. The maximum Gasteiger partial charge on any atom is 0.266 e. The topological polar surface area (TPSA) is 76.3 Å². The largest absolute Gasteiger partial charge is 0.268 e. The third-order valence-electron chi connectivity index (χ3n) is 3.29. The van der Waals surface area contributed by atoms with Crippen LogP contribution in [0.2, 0.25) is 0 Å². The highest BCUT2D eigenvalue weighted by Crippen LogP contribution is 2.29. The molecule has 1 aliphatic rings. The van der Waals surface area contributed by atoms with E-state index in [0.29, 0.717) is 27.8 Å². The van der Waals surface area contributed by atoms with Crippen LogP contribution in [-0.2, 0) is 0 Å². The number of anilines is 1. The lowest BCUT2D eigenvalue weighted by Gasteiger charge is -2.13. The van der Waals surface area contributed by atoms with Gasteiger partial charge in [0.2, 0.25) is 0 Å². The Morgan fingerprint density at radius 1 is 0.850 bits per heavy atom. The quantitative estimate of drug-likeness (QED) is 0.629. The van der Waals surface area contributed by atoms with E-state index in [2.05, 4.69) is 14.9 Å². The van der Waals surface area contributed by atoms with Gasteiger partial charge in [-0.15, -0.1) is 0 Å². The number of benzene rings is 2. The molecule has 96 valence electrons. The van der Waals surface area contributed by atoms with Crippen molar-refractivity contribution in [2.75, 3.05) is 4.90 Å². The van der Waals surface area contributed by atoms with Crippen molar-refractivity contribution in [3.63, 3.8) is 0 Å². The molecule has 1 aromatic heterocycles. The predicted molar refractivity (Wildman–Crippen MR) is 69.4 cm³/mol. The summed E-state index contributed by atoms with van der Waals surface area (Å²) in [5.41, 5.74) is 2.36. The van der Waals surface area contributed by atoms with E-state index >= 15 is 0 Å². The van der Waals surface area contributed by atoms with Crippen LogP contribution in [0.25, 0.3) is 11.0 Å². The monoisotopic (exact) mass is 265 g/mol. The highest BCUT2D eigenvalue weighted by atomic mass is 16.6. The molecular formula is C14H7N3O3. The van der Waals surface area contributed by atoms with E-state index in [9.17, 15) is 9.59 Å². The van der Waals surface area contributed by atoms with E-state index in [-0.39, 0.29) is 11.8 Å². The van der Waals surface area contributed by atoms with Gasteiger partial charge in [-0.1, -0.05) is 12.1 Å². The molecule has 6 nitrogen and oxygen atoms in total. The van der Waals surface area contributed by atoms with Crippen molar-refractivity contribution in [1.82, 2.24) is 10.3 Å². The second-order valence-electron chi connectivity index (χ2n) is 4.43. The van der Waals surface area contributed by atoms with E-state index in [1.165, 1.54) is 0 Å². The average Bonchev–Trinajstić information content (AvgIpc) is 3.03. The molecule has 2 amide bonds. The molecule has 0 radical (unpaired) electrons. The maximum atomic E-state index is 12.3. The van der Waals surface area contributed by atoms with Crippen molar-refractivity contribution in [3.05, 3.63) is 53.6 Å². The third kappa shape index (κ3) is 1.33. The minimum absolute atomic E-state index is 0.332. The summed E-state index contributed by atoms with van der Waals surface area (Å²) in [6.45, 7) is 0.